The number of aliphatic hydroxyl groups excluding tert-OH is 4. The van der Waals surface area contributed by atoms with Crippen LogP contribution in [-0.2, 0) is 4.74 Å². The van der Waals surface area contributed by atoms with Gasteiger partial charge in [-0.05, 0) is 0 Å². The fourth-order valence-corrected chi connectivity index (χ4v) is 2.08. The molecule has 0 aliphatic carbocycles. The summed E-state index contributed by atoms with van der Waals surface area (Å²) in [5.74, 6) is 0. The SMILES string of the molecule is OC[C@H]1O[C@@H]2[C@@H](NC[C@@H]2O)[C@@H](O)[C@H]1O. The lowest BCUT2D eigenvalue weighted by molar-refractivity contribution is -0.199. The number of hydrogen-bond donors (Lipinski definition) is 5. The van der Waals surface area contributed by atoms with Gasteiger partial charge in [0.25, 0.3) is 0 Å². The van der Waals surface area contributed by atoms with E-state index in [1.165, 1.54) is 0 Å². The summed E-state index contributed by atoms with van der Waals surface area (Å²) in [4.78, 5) is 0. The Morgan fingerprint density at radius 3 is 2.57 bits per heavy atom. The van der Waals surface area contributed by atoms with E-state index in [-0.39, 0.29) is 6.61 Å². The average molecular weight is 205 g/mol. The molecule has 14 heavy (non-hydrogen) atoms. The Bertz CT molecular complexity index is 214. The third-order valence-corrected chi connectivity index (χ3v) is 2.91. The molecule has 2 rings (SSSR count). The topological polar surface area (TPSA) is 102 Å². The van der Waals surface area contributed by atoms with Crippen molar-refractivity contribution in [2.24, 2.45) is 0 Å². The fraction of sp³-hybridized carbons (Fsp3) is 1.00. The van der Waals surface area contributed by atoms with Crippen molar-refractivity contribution < 1.29 is 25.2 Å². The van der Waals surface area contributed by atoms with Crippen LogP contribution in [0.3, 0.4) is 0 Å². The van der Waals surface area contributed by atoms with Crippen LogP contribution in [0.25, 0.3) is 0 Å². The Labute approximate surface area is 81.1 Å². The van der Waals surface area contributed by atoms with E-state index >= 15 is 0 Å². The van der Waals surface area contributed by atoms with Crippen LogP contribution in [0.5, 0.6) is 0 Å². The highest BCUT2D eigenvalue weighted by Crippen LogP contribution is 2.26. The van der Waals surface area contributed by atoms with E-state index < -0.39 is 36.6 Å². The largest absolute Gasteiger partial charge is 0.394 e. The van der Waals surface area contributed by atoms with Crippen molar-refractivity contribution in [1.82, 2.24) is 5.32 Å². The lowest BCUT2D eigenvalue weighted by Gasteiger charge is -2.39. The molecule has 82 valence electrons. The molecular weight excluding hydrogens is 190 g/mol. The van der Waals surface area contributed by atoms with Crippen LogP contribution in [0.15, 0.2) is 0 Å². The van der Waals surface area contributed by atoms with Gasteiger partial charge in [0.2, 0.25) is 0 Å². The van der Waals surface area contributed by atoms with Crippen LogP contribution >= 0.6 is 0 Å². The normalized spacial score (nSPS) is 53.1. The maximum atomic E-state index is 9.65. The molecule has 0 amide bonds. The second kappa shape index (κ2) is 3.73. The monoisotopic (exact) mass is 205 g/mol. The lowest BCUT2D eigenvalue weighted by Crippen LogP contribution is -2.61. The van der Waals surface area contributed by atoms with Gasteiger partial charge in [-0.3, -0.25) is 0 Å². The van der Waals surface area contributed by atoms with Crippen LogP contribution in [0.2, 0.25) is 0 Å². The van der Waals surface area contributed by atoms with Crippen LogP contribution in [0.4, 0.5) is 0 Å². The van der Waals surface area contributed by atoms with Gasteiger partial charge in [0, 0.05) is 6.54 Å². The van der Waals surface area contributed by atoms with Gasteiger partial charge >= 0.3 is 0 Å². The van der Waals surface area contributed by atoms with Crippen LogP contribution < -0.4 is 5.32 Å². The zero-order valence-corrected chi connectivity index (χ0v) is 7.58. The molecule has 0 saturated carbocycles. The molecule has 0 bridgehead atoms. The van der Waals surface area contributed by atoms with Crippen molar-refractivity contribution in [3.05, 3.63) is 0 Å². The summed E-state index contributed by atoms with van der Waals surface area (Å²) in [6.07, 6.45) is -4.19. The van der Waals surface area contributed by atoms with Crippen LogP contribution in [-0.4, -0.2) is 70.1 Å². The second-order valence-corrected chi connectivity index (χ2v) is 3.80. The maximum absolute atomic E-state index is 9.65. The Morgan fingerprint density at radius 2 is 1.93 bits per heavy atom. The quantitative estimate of drug-likeness (QED) is 0.309. The number of nitrogens with one attached hydrogen (secondary N) is 1. The number of rotatable bonds is 1. The molecule has 0 aromatic heterocycles. The summed E-state index contributed by atoms with van der Waals surface area (Å²) < 4.78 is 5.28. The maximum Gasteiger partial charge on any atom is 0.110 e. The first kappa shape index (κ1) is 10.3. The Hall–Kier alpha value is -0.240. The van der Waals surface area contributed by atoms with Crippen LogP contribution in [0, 0.1) is 0 Å². The van der Waals surface area contributed by atoms with Gasteiger partial charge in [-0.15, -0.1) is 0 Å². The van der Waals surface area contributed by atoms with E-state index in [2.05, 4.69) is 5.32 Å². The molecule has 6 nitrogen and oxygen atoms in total. The van der Waals surface area contributed by atoms with Crippen molar-refractivity contribution in [2.75, 3.05) is 13.2 Å². The smallest absolute Gasteiger partial charge is 0.110 e. The molecule has 2 saturated heterocycles. The Kier molecular flexibility index (Phi) is 2.74. The zero-order chi connectivity index (χ0) is 10.3. The first-order valence-corrected chi connectivity index (χ1v) is 4.69. The predicted molar refractivity (Wildman–Crippen MR) is 45.6 cm³/mol. The molecule has 2 fully saturated rings. The standard InChI is InChI=1S/C8H15NO5/c10-2-4-6(12)7(13)5-8(14-4)3(11)1-9-5/h3-13H,1-2H2/t3-,4+,5-,6-,7+,8-/m0/s1. The van der Waals surface area contributed by atoms with Gasteiger partial charge in [-0.25, -0.2) is 0 Å². The minimum atomic E-state index is -1.11. The predicted octanol–water partition coefficient (Wildman–Crippen LogP) is -3.20. The summed E-state index contributed by atoms with van der Waals surface area (Å²) in [6, 6.07) is -0.456. The van der Waals surface area contributed by atoms with E-state index in [1.807, 2.05) is 0 Å². The molecule has 2 aliphatic heterocycles. The van der Waals surface area contributed by atoms with Crippen LogP contribution in [0.1, 0.15) is 0 Å². The van der Waals surface area contributed by atoms with Crippen molar-refractivity contribution in [3.63, 3.8) is 0 Å². The first-order valence-electron chi connectivity index (χ1n) is 4.69. The number of ether oxygens (including phenoxy) is 1. The number of aliphatic hydroxyl groups is 4. The zero-order valence-electron chi connectivity index (χ0n) is 7.58. The molecule has 0 aromatic rings. The van der Waals surface area contributed by atoms with E-state index in [4.69, 9.17) is 9.84 Å². The summed E-state index contributed by atoms with van der Waals surface area (Å²) in [5, 5.41) is 40.4. The van der Waals surface area contributed by atoms with Gasteiger partial charge in [-0.1, -0.05) is 0 Å². The molecule has 5 N–H and O–H groups in total. The van der Waals surface area contributed by atoms with Crippen molar-refractivity contribution >= 4 is 0 Å². The minimum Gasteiger partial charge on any atom is -0.394 e. The highest BCUT2D eigenvalue weighted by Gasteiger charge is 2.49. The average Bonchev–Trinajstić information content (AvgIpc) is 2.54. The van der Waals surface area contributed by atoms with Gasteiger partial charge in [-0.2, -0.15) is 0 Å². The third-order valence-electron chi connectivity index (χ3n) is 2.91. The lowest BCUT2D eigenvalue weighted by atomic mass is 9.93. The van der Waals surface area contributed by atoms with Crippen molar-refractivity contribution in [1.29, 1.82) is 0 Å². The van der Waals surface area contributed by atoms with Gasteiger partial charge in [0.1, 0.15) is 24.4 Å². The van der Waals surface area contributed by atoms with Gasteiger partial charge < -0.3 is 30.5 Å². The number of β-amino-alcohol motifs (C(OH)–C–C–N with tert-alkyl or cyclic N) is 1. The summed E-state index contributed by atoms with van der Waals surface area (Å²) in [6.45, 7) is -0.0363. The Balaban J connectivity index is 2.12. The van der Waals surface area contributed by atoms with E-state index in [9.17, 15) is 15.3 Å². The fourth-order valence-electron chi connectivity index (χ4n) is 2.08. The highest BCUT2D eigenvalue weighted by molar-refractivity contribution is 5.03. The Morgan fingerprint density at radius 1 is 1.21 bits per heavy atom. The van der Waals surface area contributed by atoms with E-state index in [1.54, 1.807) is 0 Å². The van der Waals surface area contributed by atoms with Gasteiger partial charge in [0.15, 0.2) is 0 Å². The van der Waals surface area contributed by atoms with Gasteiger partial charge in [0.05, 0.1) is 18.8 Å². The number of fused-ring (bicyclic) bond motifs is 1. The second-order valence-electron chi connectivity index (χ2n) is 3.80. The molecule has 0 radical (unpaired) electrons. The number of hydrogen-bond acceptors (Lipinski definition) is 6. The third kappa shape index (κ3) is 1.44. The molecule has 6 heteroatoms. The molecule has 0 aromatic carbocycles. The minimum absolute atomic E-state index is 0.331. The molecule has 2 heterocycles. The molecule has 6 atom stereocenters. The summed E-state index contributed by atoms with van der Waals surface area (Å²) in [5.41, 5.74) is 0. The first-order chi connectivity index (χ1) is 6.65. The summed E-state index contributed by atoms with van der Waals surface area (Å²) in [7, 11) is 0. The molecule has 0 spiro atoms. The summed E-state index contributed by atoms with van der Waals surface area (Å²) >= 11 is 0. The molecular formula is C8H15NO5. The van der Waals surface area contributed by atoms with Crippen molar-refractivity contribution in [3.8, 4) is 0 Å². The molecule has 2 aliphatic rings. The molecule has 0 unspecified atom stereocenters. The highest BCUT2D eigenvalue weighted by atomic mass is 16.5. The van der Waals surface area contributed by atoms with E-state index in [0.717, 1.165) is 0 Å². The van der Waals surface area contributed by atoms with E-state index in [0.29, 0.717) is 6.54 Å². The van der Waals surface area contributed by atoms with Crippen molar-refractivity contribution in [2.45, 2.75) is 36.6 Å².